The van der Waals surface area contributed by atoms with E-state index in [2.05, 4.69) is 21.2 Å². The lowest BCUT2D eigenvalue weighted by atomic mass is 10.1. The molecule has 4 nitrogen and oxygen atoms in total. The molecule has 1 unspecified atom stereocenters. The average Bonchev–Trinajstić information content (AvgIpc) is 2.56. The van der Waals surface area contributed by atoms with Gasteiger partial charge in [-0.1, -0.05) is 41.1 Å². The molecule has 0 aromatic heterocycles. The average molecular weight is 296 g/mol. The van der Waals surface area contributed by atoms with Crippen LogP contribution in [0.3, 0.4) is 0 Å². The first-order valence-electron chi connectivity index (χ1n) is 5.55. The lowest BCUT2D eigenvalue weighted by Crippen LogP contribution is -2.30. The smallest absolute Gasteiger partial charge is 0.310 e. The van der Waals surface area contributed by atoms with Crippen molar-refractivity contribution in [2.24, 2.45) is 0 Å². The third kappa shape index (κ3) is 2.20. The van der Waals surface area contributed by atoms with Crippen molar-refractivity contribution in [3.05, 3.63) is 34.3 Å². The molecule has 2 rings (SSSR count). The van der Waals surface area contributed by atoms with Crippen LogP contribution in [0, 0.1) is 5.41 Å². The van der Waals surface area contributed by atoms with Crippen LogP contribution in [0.2, 0.25) is 0 Å². The van der Waals surface area contributed by atoms with Crippen molar-refractivity contribution < 1.29 is 4.79 Å². The number of urea groups is 1. The largest absolute Gasteiger partial charge is 0.323 e. The lowest BCUT2D eigenvalue weighted by molar-refractivity contribution is 0.205. The fourth-order valence-electron chi connectivity index (χ4n) is 2.02. The predicted octanol–water partition coefficient (Wildman–Crippen LogP) is 2.90. The molecular weight excluding hydrogens is 282 g/mol. The molecule has 1 atom stereocenters. The summed E-state index contributed by atoms with van der Waals surface area (Å²) >= 11 is 3.47. The Hall–Kier alpha value is -1.36. The van der Waals surface area contributed by atoms with Crippen molar-refractivity contribution in [2.45, 2.75) is 19.4 Å². The summed E-state index contributed by atoms with van der Waals surface area (Å²) in [7, 11) is 0. The van der Waals surface area contributed by atoms with Crippen LogP contribution < -0.4 is 5.32 Å². The van der Waals surface area contributed by atoms with Gasteiger partial charge in [0.2, 0.25) is 0 Å². The predicted molar refractivity (Wildman–Crippen MR) is 70.1 cm³/mol. The number of nitrogens with one attached hydrogen (secondary N) is 2. The van der Waals surface area contributed by atoms with Gasteiger partial charge in [0.25, 0.3) is 0 Å². The molecule has 1 fully saturated rings. The Bertz CT molecular complexity index is 461. The normalized spacial score (nSPS) is 19.6. The minimum atomic E-state index is -0.293. The Morgan fingerprint density at radius 3 is 2.82 bits per heavy atom. The van der Waals surface area contributed by atoms with Crippen LogP contribution in [0.1, 0.15) is 24.9 Å². The standard InChI is InChI=1S/C12H14BrN3O/c1-2-7-16-10(11(14)15-12(16)17)8-5-3-4-6-9(8)13/h3-6,10H,2,7H2,1H3,(H2,14,15,17). The number of carbonyl (C=O) groups excluding carboxylic acids is 1. The maximum absolute atomic E-state index is 11.7. The molecule has 2 amide bonds. The first kappa shape index (κ1) is 12.1. The zero-order chi connectivity index (χ0) is 12.4. The summed E-state index contributed by atoms with van der Waals surface area (Å²) in [4.78, 5) is 13.4. The zero-order valence-electron chi connectivity index (χ0n) is 9.53. The van der Waals surface area contributed by atoms with E-state index in [1.54, 1.807) is 4.90 Å². The topological polar surface area (TPSA) is 56.2 Å². The molecule has 0 spiro atoms. The quantitative estimate of drug-likeness (QED) is 0.885. The number of nitrogens with zero attached hydrogens (tertiary/aromatic N) is 1. The summed E-state index contributed by atoms with van der Waals surface area (Å²) in [6, 6.07) is 7.23. The highest BCUT2D eigenvalue weighted by molar-refractivity contribution is 9.10. The van der Waals surface area contributed by atoms with Crippen LogP contribution in [0.5, 0.6) is 0 Å². The highest BCUT2D eigenvalue weighted by Gasteiger charge is 2.36. The Morgan fingerprint density at radius 2 is 2.18 bits per heavy atom. The molecule has 17 heavy (non-hydrogen) atoms. The van der Waals surface area contributed by atoms with E-state index >= 15 is 0 Å². The molecule has 1 aliphatic heterocycles. The second-order valence-electron chi connectivity index (χ2n) is 3.96. The SMILES string of the molecule is CCCN1C(=O)NC(=N)C1c1ccccc1Br. The van der Waals surface area contributed by atoms with Gasteiger partial charge in [0.15, 0.2) is 0 Å². The van der Waals surface area contributed by atoms with Crippen molar-refractivity contribution >= 4 is 27.8 Å². The third-order valence-corrected chi connectivity index (χ3v) is 3.47. The van der Waals surface area contributed by atoms with Crippen molar-refractivity contribution in [3.8, 4) is 0 Å². The number of amides is 2. The Kier molecular flexibility index (Phi) is 3.47. The first-order chi connectivity index (χ1) is 8.15. The molecule has 1 aliphatic rings. The van der Waals surface area contributed by atoms with Gasteiger partial charge in [-0.25, -0.2) is 4.79 Å². The molecule has 1 aromatic carbocycles. The zero-order valence-corrected chi connectivity index (χ0v) is 11.1. The molecule has 1 aromatic rings. The number of amidine groups is 1. The van der Waals surface area contributed by atoms with Gasteiger partial charge < -0.3 is 4.90 Å². The summed E-state index contributed by atoms with van der Waals surface area (Å²) < 4.78 is 0.923. The molecule has 5 heteroatoms. The van der Waals surface area contributed by atoms with E-state index in [0.29, 0.717) is 6.54 Å². The molecule has 0 bridgehead atoms. The van der Waals surface area contributed by atoms with Crippen molar-refractivity contribution in [3.63, 3.8) is 0 Å². The summed E-state index contributed by atoms with van der Waals surface area (Å²) in [6.07, 6.45) is 0.877. The van der Waals surface area contributed by atoms with E-state index in [1.807, 2.05) is 31.2 Å². The van der Waals surface area contributed by atoms with Crippen LogP contribution in [0.4, 0.5) is 4.79 Å². The lowest BCUT2D eigenvalue weighted by Gasteiger charge is -2.23. The highest BCUT2D eigenvalue weighted by Crippen LogP contribution is 2.31. The van der Waals surface area contributed by atoms with Gasteiger partial charge in [-0.05, 0) is 18.1 Å². The number of halogens is 1. The molecule has 0 aliphatic carbocycles. The third-order valence-electron chi connectivity index (χ3n) is 2.75. The van der Waals surface area contributed by atoms with Gasteiger partial charge in [0, 0.05) is 11.0 Å². The molecule has 1 heterocycles. The van der Waals surface area contributed by atoms with E-state index in [4.69, 9.17) is 5.41 Å². The number of hydrogen-bond donors (Lipinski definition) is 2. The minimum Gasteiger partial charge on any atom is -0.310 e. The van der Waals surface area contributed by atoms with Crippen molar-refractivity contribution in [1.82, 2.24) is 10.2 Å². The summed E-state index contributed by atoms with van der Waals surface area (Å²) in [5.74, 6) is 0.246. The van der Waals surface area contributed by atoms with Gasteiger partial charge in [-0.15, -0.1) is 0 Å². The molecule has 0 radical (unpaired) electrons. The van der Waals surface area contributed by atoms with E-state index in [1.165, 1.54) is 0 Å². The van der Waals surface area contributed by atoms with Crippen LogP contribution in [-0.2, 0) is 0 Å². The van der Waals surface area contributed by atoms with Gasteiger partial charge in [-0.2, -0.15) is 0 Å². The van der Waals surface area contributed by atoms with Crippen LogP contribution in [0.25, 0.3) is 0 Å². The van der Waals surface area contributed by atoms with Crippen LogP contribution in [-0.4, -0.2) is 23.3 Å². The molecule has 0 saturated carbocycles. The molecule has 1 saturated heterocycles. The number of carbonyl (C=O) groups is 1. The summed E-state index contributed by atoms with van der Waals surface area (Å²) in [6.45, 7) is 2.67. The monoisotopic (exact) mass is 295 g/mol. The van der Waals surface area contributed by atoms with Gasteiger partial charge >= 0.3 is 6.03 Å². The van der Waals surface area contributed by atoms with Crippen LogP contribution >= 0.6 is 15.9 Å². The van der Waals surface area contributed by atoms with Gasteiger partial charge in [0.05, 0.1) is 0 Å². The van der Waals surface area contributed by atoms with E-state index in [9.17, 15) is 4.79 Å². The summed E-state index contributed by atoms with van der Waals surface area (Å²) in [5.41, 5.74) is 0.948. The Morgan fingerprint density at radius 1 is 1.47 bits per heavy atom. The molecule has 2 N–H and O–H groups in total. The number of benzene rings is 1. The Balaban J connectivity index is 2.38. The van der Waals surface area contributed by atoms with Crippen molar-refractivity contribution in [1.29, 1.82) is 5.41 Å². The van der Waals surface area contributed by atoms with Gasteiger partial charge in [0.1, 0.15) is 11.9 Å². The van der Waals surface area contributed by atoms with E-state index in [0.717, 1.165) is 16.5 Å². The fraction of sp³-hybridized carbons (Fsp3) is 0.333. The second-order valence-corrected chi connectivity index (χ2v) is 4.82. The maximum Gasteiger partial charge on any atom is 0.323 e. The van der Waals surface area contributed by atoms with Crippen LogP contribution in [0.15, 0.2) is 28.7 Å². The number of hydrogen-bond acceptors (Lipinski definition) is 2. The minimum absolute atomic E-state index is 0.183. The molecule has 90 valence electrons. The van der Waals surface area contributed by atoms with E-state index < -0.39 is 0 Å². The summed E-state index contributed by atoms with van der Waals surface area (Å²) in [5, 5.41) is 10.5. The van der Waals surface area contributed by atoms with Crippen molar-refractivity contribution in [2.75, 3.05) is 6.54 Å². The molecular formula is C12H14BrN3O. The fourth-order valence-corrected chi connectivity index (χ4v) is 2.52. The number of rotatable bonds is 3. The first-order valence-corrected chi connectivity index (χ1v) is 6.35. The highest BCUT2D eigenvalue weighted by atomic mass is 79.9. The maximum atomic E-state index is 11.7. The Labute approximate surface area is 109 Å². The second kappa shape index (κ2) is 4.87. The van der Waals surface area contributed by atoms with Gasteiger partial charge in [-0.3, -0.25) is 10.7 Å². The van der Waals surface area contributed by atoms with E-state index in [-0.39, 0.29) is 17.9 Å².